The van der Waals surface area contributed by atoms with Crippen LogP contribution in [0.3, 0.4) is 0 Å². The number of pyridine rings is 1. The monoisotopic (exact) mass is 445 g/mol. The average Bonchev–Trinajstić information content (AvgIpc) is 3.45. The van der Waals surface area contributed by atoms with Crippen molar-refractivity contribution in [2.75, 3.05) is 33.4 Å². The number of likely N-dealkylation sites (tertiary alicyclic amines) is 1. The van der Waals surface area contributed by atoms with Gasteiger partial charge in [0.2, 0.25) is 5.78 Å². The minimum Gasteiger partial charge on any atom is -0.460 e. The molecule has 2 aliphatic rings. The molecule has 7 heteroatoms. The number of nitrogens with zero attached hydrogens (tertiary/aromatic N) is 3. The van der Waals surface area contributed by atoms with Crippen LogP contribution in [0.5, 0.6) is 0 Å². The van der Waals surface area contributed by atoms with Gasteiger partial charge in [0.25, 0.3) is 0 Å². The molecule has 3 heterocycles. The quantitative estimate of drug-likeness (QED) is 0.447. The molecule has 1 fully saturated rings. The highest BCUT2D eigenvalue weighted by molar-refractivity contribution is 6.49. The summed E-state index contributed by atoms with van der Waals surface area (Å²) < 4.78 is 11.7. The maximum atomic E-state index is 12.3. The molecular weight excluding hydrogens is 418 g/mol. The van der Waals surface area contributed by atoms with E-state index in [1.165, 1.54) is 0 Å². The predicted octanol–water partition coefficient (Wildman–Crippen LogP) is 4.40. The molecule has 7 nitrogen and oxygen atoms in total. The lowest BCUT2D eigenvalue weighted by atomic mass is 9.93. The molecule has 1 aliphatic heterocycles. The second-order valence-electron chi connectivity index (χ2n) is 8.66. The summed E-state index contributed by atoms with van der Waals surface area (Å²) in [5.74, 6) is 1.94. The van der Waals surface area contributed by atoms with Crippen LogP contribution in [-0.2, 0) is 11.2 Å². The van der Waals surface area contributed by atoms with Gasteiger partial charge in [-0.3, -0.25) is 9.78 Å². The van der Waals surface area contributed by atoms with Crippen molar-refractivity contribution < 1.29 is 19.2 Å². The van der Waals surface area contributed by atoms with Crippen LogP contribution >= 0.6 is 0 Å². The Morgan fingerprint density at radius 1 is 1.12 bits per heavy atom. The predicted molar refractivity (Wildman–Crippen MR) is 125 cm³/mol. The molecule has 1 aromatic carbocycles. The molecule has 0 saturated carbocycles. The Morgan fingerprint density at radius 3 is 2.64 bits per heavy atom. The summed E-state index contributed by atoms with van der Waals surface area (Å²) in [6, 6.07) is 11.8. The second kappa shape index (κ2) is 9.29. The van der Waals surface area contributed by atoms with Crippen LogP contribution in [0.15, 0.2) is 58.4 Å². The van der Waals surface area contributed by atoms with Gasteiger partial charge in [-0.25, -0.2) is 0 Å². The molecule has 0 spiro atoms. The number of carbonyl (C=O) groups is 1. The van der Waals surface area contributed by atoms with E-state index in [2.05, 4.69) is 21.1 Å². The van der Waals surface area contributed by atoms with Gasteiger partial charge in [-0.05, 0) is 67.4 Å². The van der Waals surface area contributed by atoms with Crippen molar-refractivity contribution in [3.05, 3.63) is 65.7 Å². The fourth-order valence-electron chi connectivity index (χ4n) is 4.83. The SMILES string of the molecule is COCCN1CCC(c2cc(-c3ccncc3)c(-c3ccc4c(c3)CC(=NO)C4=O)o2)CC1. The van der Waals surface area contributed by atoms with E-state index in [0.717, 1.165) is 72.9 Å². The molecule has 5 rings (SSSR count). The number of benzene rings is 1. The van der Waals surface area contributed by atoms with Crippen LogP contribution in [0.4, 0.5) is 0 Å². The van der Waals surface area contributed by atoms with E-state index in [1.54, 1.807) is 25.6 Å². The molecule has 0 amide bonds. The minimum absolute atomic E-state index is 0.178. The molecule has 1 aliphatic carbocycles. The van der Waals surface area contributed by atoms with E-state index in [1.807, 2.05) is 24.3 Å². The highest BCUT2D eigenvalue weighted by Crippen LogP contribution is 2.40. The van der Waals surface area contributed by atoms with E-state index < -0.39 is 0 Å². The number of aromatic nitrogens is 1. The van der Waals surface area contributed by atoms with Gasteiger partial charge in [0.15, 0.2) is 0 Å². The normalized spacial score (nSPS) is 18.2. The Morgan fingerprint density at radius 2 is 1.91 bits per heavy atom. The van der Waals surface area contributed by atoms with Gasteiger partial charge in [-0.1, -0.05) is 11.2 Å². The van der Waals surface area contributed by atoms with Gasteiger partial charge in [-0.2, -0.15) is 0 Å². The summed E-state index contributed by atoms with van der Waals surface area (Å²) in [6.07, 6.45) is 5.98. The van der Waals surface area contributed by atoms with Gasteiger partial charge in [0.1, 0.15) is 17.2 Å². The maximum Gasteiger partial charge on any atom is 0.211 e. The van der Waals surface area contributed by atoms with Crippen LogP contribution in [0.2, 0.25) is 0 Å². The van der Waals surface area contributed by atoms with E-state index in [0.29, 0.717) is 17.9 Å². The number of Topliss-reactive ketones (excluding diaryl/α,β-unsaturated/α-hetero) is 1. The third-order valence-corrected chi connectivity index (χ3v) is 6.70. The zero-order chi connectivity index (χ0) is 22.8. The fourth-order valence-corrected chi connectivity index (χ4v) is 4.83. The molecule has 0 radical (unpaired) electrons. The van der Waals surface area contributed by atoms with Gasteiger partial charge < -0.3 is 19.3 Å². The molecule has 0 atom stereocenters. The Labute approximate surface area is 192 Å². The highest BCUT2D eigenvalue weighted by atomic mass is 16.5. The largest absolute Gasteiger partial charge is 0.460 e. The molecule has 2 aromatic heterocycles. The van der Waals surface area contributed by atoms with Crippen molar-refractivity contribution in [2.24, 2.45) is 5.16 Å². The van der Waals surface area contributed by atoms with Crippen LogP contribution < -0.4 is 0 Å². The van der Waals surface area contributed by atoms with Crippen molar-refractivity contribution in [2.45, 2.75) is 25.2 Å². The van der Waals surface area contributed by atoms with Crippen LogP contribution in [-0.4, -0.2) is 59.9 Å². The highest BCUT2D eigenvalue weighted by Gasteiger charge is 2.29. The first-order valence-corrected chi connectivity index (χ1v) is 11.3. The first-order chi connectivity index (χ1) is 16.2. The van der Waals surface area contributed by atoms with Crippen LogP contribution in [0, 0.1) is 0 Å². The lowest BCUT2D eigenvalue weighted by molar-refractivity contribution is 0.106. The summed E-state index contributed by atoms with van der Waals surface area (Å²) in [7, 11) is 1.74. The minimum atomic E-state index is -0.214. The number of ketones is 1. The first kappa shape index (κ1) is 21.6. The van der Waals surface area contributed by atoms with E-state index >= 15 is 0 Å². The fraction of sp³-hybridized carbons (Fsp3) is 0.346. The number of ether oxygens (including phenoxy) is 1. The summed E-state index contributed by atoms with van der Waals surface area (Å²) in [6.45, 7) is 3.77. The Kier molecular flexibility index (Phi) is 6.07. The molecule has 1 saturated heterocycles. The van der Waals surface area contributed by atoms with E-state index in [9.17, 15) is 4.79 Å². The van der Waals surface area contributed by atoms with Crippen molar-refractivity contribution in [3.8, 4) is 22.5 Å². The summed E-state index contributed by atoms with van der Waals surface area (Å²) in [5.41, 5.74) is 4.60. The molecule has 3 aromatic rings. The Hall–Kier alpha value is -3.29. The van der Waals surface area contributed by atoms with E-state index in [4.69, 9.17) is 14.4 Å². The molecular formula is C26H27N3O4. The number of methoxy groups -OCH3 is 1. The standard InChI is InChI=1S/C26H27N3O4/c1-32-13-12-29-10-6-18(7-11-29)24-16-22(17-4-8-27-9-5-17)26(33-24)19-2-3-21-20(14-19)15-23(28-31)25(21)30/h2-5,8-9,14,16,18,31H,6-7,10-13,15H2,1H3. The van der Waals surface area contributed by atoms with Gasteiger partial charge in [0.05, 0.1) is 6.61 Å². The Bertz CT molecular complexity index is 1180. The number of rotatable bonds is 6. The van der Waals surface area contributed by atoms with Crippen molar-refractivity contribution in [3.63, 3.8) is 0 Å². The smallest absolute Gasteiger partial charge is 0.211 e. The van der Waals surface area contributed by atoms with Crippen LogP contribution in [0.1, 0.15) is 40.4 Å². The number of oxime groups is 1. The van der Waals surface area contributed by atoms with Crippen molar-refractivity contribution >= 4 is 11.5 Å². The van der Waals surface area contributed by atoms with Crippen molar-refractivity contribution in [1.82, 2.24) is 9.88 Å². The second-order valence-corrected chi connectivity index (χ2v) is 8.66. The number of hydrogen-bond donors (Lipinski definition) is 1. The number of carbonyl (C=O) groups excluding carboxylic acids is 1. The zero-order valence-electron chi connectivity index (χ0n) is 18.7. The molecule has 0 unspecified atom stereocenters. The van der Waals surface area contributed by atoms with Crippen molar-refractivity contribution in [1.29, 1.82) is 0 Å². The molecule has 33 heavy (non-hydrogen) atoms. The summed E-state index contributed by atoms with van der Waals surface area (Å²) in [5, 5.41) is 12.3. The number of piperidine rings is 1. The molecule has 0 bridgehead atoms. The zero-order valence-corrected chi connectivity index (χ0v) is 18.7. The van der Waals surface area contributed by atoms with Gasteiger partial charge in [0, 0.05) is 55.1 Å². The first-order valence-electron chi connectivity index (χ1n) is 11.3. The summed E-state index contributed by atoms with van der Waals surface area (Å²) in [4.78, 5) is 18.9. The number of furan rings is 1. The molecule has 1 N–H and O–H groups in total. The number of fused-ring (bicyclic) bond motifs is 1. The van der Waals surface area contributed by atoms with E-state index in [-0.39, 0.29) is 11.5 Å². The lowest BCUT2D eigenvalue weighted by Gasteiger charge is -2.30. The topological polar surface area (TPSA) is 88.2 Å². The molecule has 170 valence electrons. The Balaban J connectivity index is 1.48. The summed E-state index contributed by atoms with van der Waals surface area (Å²) >= 11 is 0. The lowest BCUT2D eigenvalue weighted by Crippen LogP contribution is -2.35. The number of hydrogen-bond acceptors (Lipinski definition) is 7. The maximum absolute atomic E-state index is 12.3. The third-order valence-electron chi connectivity index (χ3n) is 6.70. The van der Waals surface area contributed by atoms with Crippen LogP contribution in [0.25, 0.3) is 22.5 Å². The van der Waals surface area contributed by atoms with Gasteiger partial charge >= 0.3 is 0 Å². The average molecular weight is 446 g/mol. The van der Waals surface area contributed by atoms with Gasteiger partial charge in [-0.15, -0.1) is 0 Å². The third kappa shape index (κ3) is 4.21.